The van der Waals surface area contributed by atoms with E-state index >= 15 is 0 Å². The summed E-state index contributed by atoms with van der Waals surface area (Å²) in [5, 5.41) is 8.71. The van der Waals surface area contributed by atoms with Crippen LogP contribution in [0.4, 0.5) is 0 Å². The number of carbonyl (C=O) groups is 4. The van der Waals surface area contributed by atoms with Crippen LogP contribution in [0, 0.1) is 11.8 Å². The highest BCUT2D eigenvalue weighted by Gasteiger charge is 2.34. The molecule has 0 aliphatic carbocycles. The number of amides is 3. The predicted octanol–water partition coefficient (Wildman–Crippen LogP) is 3.73. The van der Waals surface area contributed by atoms with Crippen molar-refractivity contribution in [2.24, 2.45) is 11.8 Å². The quantitative estimate of drug-likeness (QED) is 0.257. The zero-order chi connectivity index (χ0) is 27.1. The summed E-state index contributed by atoms with van der Waals surface area (Å²) in [5.41, 5.74) is 1.57. The Morgan fingerprint density at radius 2 is 1.79 bits per heavy atom. The number of thiazole rings is 1. The van der Waals surface area contributed by atoms with E-state index in [4.69, 9.17) is 0 Å². The SMILES string of the molecule is CC(C)C[C@H](NC(=O)/C=C/c1ccccc1)C(=O)N[C@@H](C[C@@H]1CCNC1=O)C(=O)c1nc2ccccc2s1. The molecule has 9 heteroatoms. The molecule has 3 N–H and O–H groups in total. The number of benzene rings is 2. The van der Waals surface area contributed by atoms with E-state index in [9.17, 15) is 19.2 Å². The number of hydrogen-bond acceptors (Lipinski definition) is 6. The number of aromatic nitrogens is 1. The molecule has 2 aromatic carbocycles. The first-order valence-corrected chi connectivity index (χ1v) is 13.6. The number of fused-ring (bicyclic) bond motifs is 1. The molecule has 4 rings (SSSR count). The van der Waals surface area contributed by atoms with Crippen LogP contribution in [-0.2, 0) is 14.4 Å². The largest absolute Gasteiger partial charge is 0.356 e. The van der Waals surface area contributed by atoms with Gasteiger partial charge >= 0.3 is 0 Å². The topological polar surface area (TPSA) is 117 Å². The van der Waals surface area contributed by atoms with Gasteiger partial charge in [-0.05, 0) is 49.0 Å². The number of ketones is 1. The van der Waals surface area contributed by atoms with Crippen molar-refractivity contribution in [1.82, 2.24) is 20.9 Å². The minimum Gasteiger partial charge on any atom is -0.356 e. The monoisotopic (exact) mass is 532 g/mol. The molecule has 3 amide bonds. The Balaban J connectivity index is 1.52. The average Bonchev–Trinajstić information content (AvgIpc) is 3.52. The molecule has 1 aromatic heterocycles. The lowest BCUT2D eigenvalue weighted by Gasteiger charge is -2.24. The van der Waals surface area contributed by atoms with Crippen LogP contribution in [0.2, 0.25) is 0 Å². The van der Waals surface area contributed by atoms with E-state index in [1.807, 2.05) is 68.4 Å². The smallest absolute Gasteiger partial charge is 0.244 e. The number of Topliss-reactive ketones (excluding diaryl/α,β-unsaturated/α-hetero) is 1. The standard InChI is InChI=1S/C29H32N4O4S/c1-18(2)16-23(31-25(34)13-12-19-8-4-3-5-9-19)28(37)32-22(17-20-14-15-30-27(20)36)26(35)29-33-21-10-6-7-11-24(21)38-29/h3-13,18,20,22-23H,14-17H2,1-2H3,(H,30,36)(H,31,34)(H,32,37)/b13-12+/t20-,22-,23-/m0/s1. The molecule has 0 radical (unpaired) electrons. The van der Waals surface area contributed by atoms with Gasteiger partial charge in [-0.1, -0.05) is 56.3 Å². The van der Waals surface area contributed by atoms with Crippen LogP contribution >= 0.6 is 11.3 Å². The van der Waals surface area contributed by atoms with Crippen LogP contribution < -0.4 is 16.0 Å². The molecule has 0 spiro atoms. The van der Waals surface area contributed by atoms with Gasteiger partial charge in [0.2, 0.25) is 23.5 Å². The second-order valence-electron chi connectivity index (χ2n) is 9.86. The molecular formula is C29H32N4O4S. The molecule has 198 valence electrons. The molecule has 1 fully saturated rings. The first-order valence-electron chi connectivity index (χ1n) is 12.8. The van der Waals surface area contributed by atoms with Crippen molar-refractivity contribution >= 4 is 51.1 Å². The fourth-order valence-corrected chi connectivity index (χ4v) is 5.40. The van der Waals surface area contributed by atoms with Gasteiger partial charge in [0.1, 0.15) is 6.04 Å². The van der Waals surface area contributed by atoms with Crippen LogP contribution in [-0.4, -0.2) is 47.1 Å². The van der Waals surface area contributed by atoms with Gasteiger partial charge in [-0.25, -0.2) is 4.98 Å². The third-order valence-corrected chi connectivity index (χ3v) is 7.44. The molecule has 8 nitrogen and oxygen atoms in total. The summed E-state index contributed by atoms with van der Waals surface area (Å²) in [7, 11) is 0. The Bertz CT molecular complexity index is 1300. The van der Waals surface area contributed by atoms with Gasteiger partial charge in [-0.2, -0.15) is 0 Å². The molecule has 38 heavy (non-hydrogen) atoms. The number of rotatable bonds is 11. The number of hydrogen-bond donors (Lipinski definition) is 3. The molecule has 0 unspecified atom stereocenters. The minimum absolute atomic E-state index is 0.114. The normalized spacial score (nSPS) is 16.9. The lowest BCUT2D eigenvalue weighted by molar-refractivity contribution is -0.128. The number of nitrogens with zero attached hydrogens (tertiary/aromatic N) is 1. The third-order valence-electron chi connectivity index (χ3n) is 6.39. The van der Waals surface area contributed by atoms with E-state index in [1.54, 1.807) is 6.08 Å². The molecule has 3 aromatic rings. The second-order valence-corrected chi connectivity index (χ2v) is 10.9. The van der Waals surface area contributed by atoms with Crippen LogP contribution in [0.3, 0.4) is 0 Å². The number of carbonyl (C=O) groups excluding carboxylic acids is 4. The molecule has 0 bridgehead atoms. The second kappa shape index (κ2) is 12.6. The van der Waals surface area contributed by atoms with E-state index in [1.165, 1.54) is 17.4 Å². The van der Waals surface area contributed by atoms with Crippen molar-refractivity contribution in [2.45, 2.75) is 45.2 Å². The third kappa shape index (κ3) is 7.13. The van der Waals surface area contributed by atoms with Crippen molar-refractivity contribution in [3.63, 3.8) is 0 Å². The fourth-order valence-electron chi connectivity index (χ4n) is 4.44. The van der Waals surface area contributed by atoms with E-state index in [0.717, 1.165) is 10.3 Å². The Morgan fingerprint density at radius 3 is 2.47 bits per heavy atom. The van der Waals surface area contributed by atoms with Gasteiger partial charge in [-0.3, -0.25) is 19.2 Å². The Morgan fingerprint density at radius 1 is 1.05 bits per heavy atom. The maximum Gasteiger partial charge on any atom is 0.244 e. The highest BCUT2D eigenvalue weighted by atomic mass is 32.1. The van der Waals surface area contributed by atoms with E-state index < -0.39 is 23.9 Å². The summed E-state index contributed by atoms with van der Waals surface area (Å²) in [6.45, 7) is 4.46. The van der Waals surface area contributed by atoms with Crippen LogP contribution in [0.25, 0.3) is 16.3 Å². The van der Waals surface area contributed by atoms with Gasteiger partial charge in [0.25, 0.3) is 0 Å². The molecule has 1 aliphatic rings. The molecular weight excluding hydrogens is 500 g/mol. The first kappa shape index (κ1) is 27.2. The van der Waals surface area contributed by atoms with Crippen LogP contribution in [0.15, 0.2) is 60.7 Å². The van der Waals surface area contributed by atoms with Crippen molar-refractivity contribution in [1.29, 1.82) is 0 Å². The van der Waals surface area contributed by atoms with Crippen molar-refractivity contribution in [2.75, 3.05) is 6.54 Å². The van der Waals surface area contributed by atoms with Gasteiger partial charge in [-0.15, -0.1) is 11.3 Å². The number of nitrogens with one attached hydrogen (secondary N) is 3. The van der Waals surface area contributed by atoms with Gasteiger partial charge < -0.3 is 16.0 Å². The molecule has 1 saturated heterocycles. The van der Waals surface area contributed by atoms with Crippen LogP contribution in [0.5, 0.6) is 0 Å². The zero-order valence-electron chi connectivity index (χ0n) is 21.5. The van der Waals surface area contributed by atoms with E-state index in [2.05, 4.69) is 20.9 Å². The highest BCUT2D eigenvalue weighted by Crippen LogP contribution is 2.25. The summed E-state index contributed by atoms with van der Waals surface area (Å²) in [5.74, 6) is -1.59. The Hall–Kier alpha value is -3.85. The van der Waals surface area contributed by atoms with Crippen molar-refractivity contribution < 1.29 is 19.2 Å². The lowest BCUT2D eigenvalue weighted by atomic mass is 9.95. The Kier molecular flexibility index (Phi) is 9.02. The predicted molar refractivity (Wildman–Crippen MR) is 148 cm³/mol. The van der Waals surface area contributed by atoms with Gasteiger partial charge in [0, 0.05) is 18.5 Å². The van der Waals surface area contributed by atoms with Gasteiger partial charge in [0.15, 0.2) is 5.01 Å². The van der Waals surface area contributed by atoms with E-state index in [-0.39, 0.29) is 35.0 Å². The van der Waals surface area contributed by atoms with E-state index in [0.29, 0.717) is 24.9 Å². The average molecular weight is 533 g/mol. The molecule has 2 heterocycles. The van der Waals surface area contributed by atoms with Crippen molar-refractivity contribution in [3.8, 4) is 0 Å². The minimum atomic E-state index is -0.941. The summed E-state index contributed by atoms with van der Waals surface area (Å²) in [6.07, 6.45) is 4.22. The maximum absolute atomic E-state index is 13.6. The summed E-state index contributed by atoms with van der Waals surface area (Å²) >= 11 is 1.26. The Labute approximate surface area is 225 Å². The highest BCUT2D eigenvalue weighted by molar-refractivity contribution is 7.20. The van der Waals surface area contributed by atoms with Crippen molar-refractivity contribution in [3.05, 3.63) is 71.2 Å². The number of para-hydroxylation sites is 1. The molecule has 1 aliphatic heterocycles. The lowest BCUT2D eigenvalue weighted by Crippen LogP contribution is -2.52. The first-order chi connectivity index (χ1) is 18.3. The maximum atomic E-state index is 13.6. The molecule has 0 saturated carbocycles. The summed E-state index contributed by atoms with van der Waals surface area (Å²) < 4.78 is 0.870. The van der Waals surface area contributed by atoms with Gasteiger partial charge in [0.05, 0.1) is 16.3 Å². The summed E-state index contributed by atoms with van der Waals surface area (Å²) in [6, 6.07) is 15.1. The fraction of sp³-hybridized carbons (Fsp3) is 0.345. The summed E-state index contributed by atoms with van der Waals surface area (Å²) in [4.78, 5) is 56.4. The zero-order valence-corrected chi connectivity index (χ0v) is 22.3. The van der Waals surface area contributed by atoms with Crippen LogP contribution in [0.1, 0.15) is 48.5 Å². The molecule has 3 atom stereocenters.